The number of hydrogen-bond acceptors (Lipinski definition) is 3. The fourth-order valence-corrected chi connectivity index (χ4v) is 3.69. The molecule has 2 aromatic carbocycles. The molecular formula is C20H23ClN3O3+. The number of quaternary nitrogens is 1. The molecule has 1 aliphatic rings. The Morgan fingerprint density at radius 2 is 1.81 bits per heavy atom. The average molecular weight is 389 g/mol. The lowest BCUT2D eigenvalue weighted by Gasteiger charge is -2.24. The van der Waals surface area contributed by atoms with Crippen LogP contribution >= 0.6 is 11.6 Å². The molecule has 1 aliphatic heterocycles. The Bertz CT molecular complexity index is 835. The van der Waals surface area contributed by atoms with Crippen LogP contribution in [0, 0.1) is 10.1 Å². The Hall–Kier alpha value is -2.44. The van der Waals surface area contributed by atoms with Gasteiger partial charge >= 0.3 is 0 Å². The number of hydrogen-bond donors (Lipinski definition) is 2. The van der Waals surface area contributed by atoms with Crippen LogP contribution in [0.4, 0.5) is 5.69 Å². The standard InChI is InChI=1S/C20H22ClN3O3/c21-17-8-9-18(19(12-17)24(26)27)20(25)22-13-15-6-2-3-7-16(15)14-23-10-4-1-5-11-23/h2-3,6-9,12H,1,4-5,10-11,13-14H2,(H,22,25)/p+1. The van der Waals surface area contributed by atoms with E-state index in [1.807, 2.05) is 18.2 Å². The number of rotatable bonds is 6. The maximum absolute atomic E-state index is 12.5. The number of halogens is 1. The minimum Gasteiger partial charge on any atom is -0.348 e. The van der Waals surface area contributed by atoms with Crippen molar-refractivity contribution in [3.8, 4) is 0 Å². The largest absolute Gasteiger partial charge is 0.348 e. The van der Waals surface area contributed by atoms with Crippen LogP contribution in [0.3, 0.4) is 0 Å². The van der Waals surface area contributed by atoms with Crippen LogP contribution in [0.25, 0.3) is 0 Å². The van der Waals surface area contributed by atoms with Gasteiger partial charge in [-0.3, -0.25) is 14.9 Å². The second-order valence-corrected chi connectivity index (χ2v) is 7.29. The molecule has 27 heavy (non-hydrogen) atoms. The van der Waals surface area contributed by atoms with Gasteiger partial charge in [0.2, 0.25) is 0 Å². The van der Waals surface area contributed by atoms with Gasteiger partial charge < -0.3 is 10.2 Å². The minimum absolute atomic E-state index is 0.0172. The first-order chi connectivity index (χ1) is 13.0. The Kier molecular flexibility index (Phi) is 6.42. The van der Waals surface area contributed by atoms with Gasteiger partial charge in [-0.2, -0.15) is 0 Å². The second kappa shape index (κ2) is 8.97. The molecule has 6 nitrogen and oxygen atoms in total. The zero-order chi connectivity index (χ0) is 19.2. The Morgan fingerprint density at radius 1 is 1.11 bits per heavy atom. The molecule has 142 valence electrons. The Labute approximate surface area is 163 Å². The number of piperidine rings is 1. The third-order valence-electron chi connectivity index (χ3n) is 4.96. The second-order valence-electron chi connectivity index (χ2n) is 6.86. The topological polar surface area (TPSA) is 76.7 Å². The monoisotopic (exact) mass is 388 g/mol. The average Bonchev–Trinajstić information content (AvgIpc) is 2.67. The lowest BCUT2D eigenvalue weighted by Crippen LogP contribution is -3.11. The van der Waals surface area contributed by atoms with Crippen LogP contribution in [-0.2, 0) is 13.1 Å². The molecule has 0 aromatic heterocycles. The minimum atomic E-state index is -0.589. The highest BCUT2D eigenvalue weighted by atomic mass is 35.5. The number of nitrogens with one attached hydrogen (secondary N) is 2. The molecule has 0 bridgehead atoms. The maximum Gasteiger partial charge on any atom is 0.283 e. The molecule has 1 amide bonds. The van der Waals surface area contributed by atoms with Gasteiger partial charge in [-0.1, -0.05) is 35.9 Å². The zero-order valence-corrected chi connectivity index (χ0v) is 15.8. The number of likely N-dealkylation sites (tertiary alicyclic amines) is 1. The first-order valence-corrected chi connectivity index (χ1v) is 9.55. The van der Waals surface area contributed by atoms with Crippen LogP contribution in [0.5, 0.6) is 0 Å². The molecule has 0 aliphatic carbocycles. The summed E-state index contributed by atoms with van der Waals surface area (Å²) in [6, 6.07) is 12.1. The summed E-state index contributed by atoms with van der Waals surface area (Å²) in [7, 11) is 0. The molecule has 0 spiro atoms. The third-order valence-corrected chi connectivity index (χ3v) is 5.20. The molecule has 0 saturated carbocycles. The highest BCUT2D eigenvalue weighted by Crippen LogP contribution is 2.23. The number of nitrogens with zero attached hydrogens (tertiary/aromatic N) is 1. The molecule has 7 heteroatoms. The van der Waals surface area contributed by atoms with E-state index in [1.54, 1.807) is 4.90 Å². The molecule has 1 fully saturated rings. The fraction of sp³-hybridized carbons (Fsp3) is 0.350. The molecule has 0 atom stereocenters. The van der Waals surface area contributed by atoms with Gasteiger partial charge in [0.1, 0.15) is 12.1 Å². The van der Waals surface area contributed by atoms with E-state index in [0.717, 1.165) is 12.1 Å². The van der Waals surface area contributed by atoms with Crippen molar-refractivity contribution in [2.45, 2.75) is 32.4 Å². The van der Waals surface area contributed by atoms with Crippen molar-refractivity contribution in [2.24, 2.45) is 0 Å². The quantitative estimate of drug-likeness (QED) is 0.590. The van der Waals surface area contributed by atoms with Crippen molar-refractivity contribution in [3.05, 3.63) is 74.3 Å². The van der Waals surface area contributed by atoms with Crippen LogP contribution in [-0.4, -0.2) is 23.9 Å². The van der Waals surface area contributed by atoms with Gasteiger partial charge in [0.25, 0.3) is 11.6 Å². The summed E-state index contributed by atoms with van der Waals surface area (Å²) < 4.78 is 0. The summed E-state index contributed by atoms with van der Waals surface area (Å²) >= 11 is 5.81. The molecule has 1 heterocycles. The number of nitro groups is 1. The van der Waals surface area contributed by atoms with Crippen molar-refractivity contribution in [1.82, 2.24) is 5.32 Å². The first-order valence-electron chi connectivity index (χ1n) is 9.17. The van der Waals surface area contributed by atoms with E-state index in [0.29, 0.717) is 6.54 Å². The van der Waals surface area contributed by atoms with Crippen molar-refractivity contribution in [3.63, 3.8) is 0 Å². The predicted octanol–water partition coefficient (Wildman–Crippen LogP) is 2.75. The van der Waals surface area contributed by atoms with E-state index in [1.165, 1.54) is 56.1 Å². The molecule has 2 aromatic rings. The number of nitro benzene ring substituents is 1. The zero-order valence-electron chi connectivity index (χ0n) is 15.0. The van der Waals surface area contributed by atoms with Crippen molar-refractivity contribution in [1.29, 1.82) is 0 Å². The molecule has 2 N–H and O–H groups in total. The van der Waals surface area contributed by atoms with Crippen molar-refractivity contribution >= 4 is 23.2 Å². The van der Waals surface area contributed by atoms with Crippen molar-refractivity contribution < 1.29 is 14.6 Å². The van der Waals surface area contributed by atoms with Crippen LogP contribution in [0.1, 0.15) is 40.7 Å². The van der Waals surface area contributed by atoms with E-state index < -0.39 is 10.8 Å². The first kappa shape index (κ1) is 19.3. The maximum atomic E-state index is 12.5. The van der Waals surface area contributed by atoms with E-state index in [2.05, 4.69) is 11.4 Å². The smallest absolute Gasteiger partial charge is 0.283 e. The third kappa shape index (κ3) is 5.05. The summed E-state index contributed by atoms with van der Waals surface area (Å²) in [6.07, 6.45) is 3.82. The molecule has 0 radical (unpaired) electrons. The SMILES string of the molecule is O=C(NCc1ccccc1C[NH+]1CCCCC1)c1ccc(Cl)cc1[N+](=O)[O-]. The van der Waals surface area contributed by atoms with Gasteiger partial charge in [-0.25, -0.2) is 0 Å². The van der Waals surface area contributed by atoms with Crippen LogP contribution < -0.4 is 10.2 Å². The van der Waals surface area contributed by atoms with Crippen LogP contribution in [0.2, 0.25) is 5.02 Å². The number of benzene rings is 2. The van der Waals surface area contributed by atoms with Gasteiger partial charge in [0.15, 0.2) is 0 Å². The van der Waals surface area contributed by atoms with E-state index in [9.17, 15) is 14.9 Å². The summed E-state index contributed by atoms with van der Waals surface area (Å²) in [6.45, 7) is 3.63. The van der Waals surface area contributed by atoms with Gasteiger partial charge in [0, 0.05) is 23.2 Å². The summed E-state index contributed by atoms with van der Waals surface area (Å²) in [5, 5.41) is 14.2. The van der Waals surface area contributed by atoms with E-state index in [-0.39, 0.29) is 16.3 Å². The normalized spacial score (nSPS) is 14.7. The molecule has 1 saturated heterocycles. The van der Waals surface area contributed by atoms with E-state index in [4.69, 9.17) is 11.6 Å². The number of carbonyl (C=O) groups excluding carboxylic acids is 1. The summed E-state index contributed by atoms with van der Waals surface area (Å²) in [5.41, 5.74) is 1.98. The lowest BCUT2D eigenvalue weighted by atomic mass is 10.0. The van der Waals surface area contributed by atoms with Crippen molar-refractivity contribution in [2.75, 3.05) is 13.1 Å². The van der Waals surface area contributed by atoms with Gasteiger partial charge in [-0.05, 0) is 37.0 Å². The molecular weight excluding hydrogens is 366 g/mol. The number of amides is 1. The van der Waals surface area contributed by atoms with Crippen LogP contribution in [0.15, 0.2) is 42.5 Å². The predicted molar refractivity (Wildman–Crippen MR) is 104 cm³/mol. The highest BCUT2D eigenvalue weighted by molar-refractivity contribution is 6.31. The summed E-state index contributed by atoms with van der Waals surface area (Å²) in [4.78, 5) is 24.7. The van der Waals surface area contributed by atoms with Gasteiger partial charge in [0.05, 0.1) is 18.0 Å². The molecule has 3 rings (SSSR count). The van der Waals surface area contributed by atoms with Gasteiger partial charge in [-0.15, -0.1) is 0 Å². The highest BCUT2D eigenvalue weighted by Gasteiger charge is 2.21. The Balaban J connectivity index is 1.70. The summed E-state index contributed by atoms with van der Waals surface area (Å²) in [5.74, 6) is -0.474. The molecule has 0 unspecified atom stereocenters. The fourth-order valence-electron chi connectivity index (χ4n) is 3.52. The Morgan fingerprint density at radius 3 is 2.52 bits per heavy atom. The number of carbonyl (C=O) groups is 1. The lowest BCUT2D eigenvalue weighted by molar-refractivity contribution is -0.918. The van der Waals surface area contributed by atoms with E-state index >= 15 is 0 Å².